The molecule has 0 aliphatic heterocycles. The zero-order valence-corrected chi connectivity index (χ0v) is 16.4. The smallest absolute Gasteiger partial charge is 0.358 e. The molecule has 0 unspecified atom stereocenters. The Labute approximate surface area is 167 Å². The third kappa shape index (κ3) is 4.95. The van der Waals surface area contributed by atoms with E-state index in [9.17, 15) is 9.59 Å². The zero-order valence-electron chi connectivity index (χ0n) is 15.6. The number of hydrogen-bond donors (Lipinski definition) is 1. The number of ether oxygens (including phenoxy) is 2. The molecule has 0 fully saturated rings. The first kappa shape index (κ1) is 19.6. The Hall–Kier alpha value is -3.19. The van der Waals surface area contributed by atoms with Crippen LogP contribution in [0.4, 0.5) is 5.69 Å². The summed E-state index contributed by atoms with van der Waals surface area (Å²) in [6, 6.07) is 14.9. The minimum absolute atomic E-state index is 0.183. The lowest BCUT2D eigenvalue weighted by atomic mass is 10.2. The number of benzene rings is 2. The van der Waals surface area contributed by atoms with E-state index in [1.54, 1.807) is 23.6 Å². The van der Waals surface area contributed by atoms with Gasteiger partial charge < -0.3 is 14.8 Å². The molecule has 0 spiro atoms. The van der Waals surface area contributed by atoms with E-state index in [0.717, 1.165) is 16.1 Å². The van der Waals surface area contributed by atoms with Gasteiger partial charge in [-0.05, 0) is 26.0 Å². The third-order valence-electron chi connectivity index (χ3n) is 3.81. The molecule has 2 aromatic carbocycles. The minimum atomic E-state index is -0.636. The lowest BCUT2D eigenvalue weighted by Gasteiger charge is -2.11. The van der Waals surface area contributed by atoms with Crippen molar-refractivity contribution in [1.29, 1.82) is 0 Å². The standard InChI is InChI=1S/C21H20N2O4S/c1-3-26-18-7-5-4-6-16(18)22-19(24)12-27-21(25)17-13-28-20(23-17)15-10-8-14(2)9-11-15/h4-11,13H,3,12H2,1-2H3,(H,22,24). The molecule has 6 nitrogen and oxygen atoms in total. The number of carbonyl (C=O) groups is 2. The zero-order chi connectivity index (χ0) is 19.9. The molecule has 1 amide bonds. The maximum Gasteiger partial charge on any atom is 0.358 e. The maximum atomic E-state index is 12.2. The number of carbonyl (C=O) groups excluding carboxylic acids is 2. The highest BCUT2D eigenvalue weighted by Crippen LogP contribution is 2.25. The van der Waals surface area contributed by atoms with Crippen LogP contribution in [0.25, 0.3) is 10.6 Å². The number of anilines is 1. The number of rotatable bonds is 7. The summed E-state index contributed by atoms with van der Waals surface area (Å²) in [7, 11) is 0. The first-order chi connectivity index (χ1) is 13.6. The van der Waals surface area contributed by atoms with E-state index in [1.807, 2.05) is 44.2 Å². The average molecular weight is 396 g/mol. The first-order valence-corrected chi connectivity index (χ1v) is 9.66. The van der Waals surface area contributed by atoms with Crippen LogP contribution >= 0.6 is 11.3 Å². The van der Waals surface area contributed by atoms with Crippen LogP contribution in [-0.2, 0) is 9.53 Å². The van der Waals surface area contributed by atoms with Crippen LogP contribution in [-0.4, -0.2) is 30.1 Å². The van der Waals surface area contributed by atoms with Gasteiger partial charge in [-0.3, -0.25) is 4.79 Å². The summed E-state index contributed by atoms with van der Waals surface area (Å²) in [4.78, 5) is 28.6. The van der Waals surface area contributed by atoms with Crippen LogP contribution in [0.15, 0.2) is 53.9 Å². The number of amides is 1. The van der Waals surface area contributed by atoms with Crippen molar-refractivity contribution in [1.82, 2.24) is 4.98 Å². The number of hydrogen-bond acceptors (Lipinski definition) is 6. The van der Waals surface area contributed by atoms with E-state index in [2.05, 4.69) is 10.3 Å². The molecule has 0 aliphatic rings. The van der Waals surface area contributed by atoms with Gasteiger partial charge in [0.15, 0.2) is 12.3 Å². The lowest BCUT2D eigenvalue weighted by molar-refractivity contribution is -0.119. The molecule has 7 heteroatoms. The van der Waals surface area contributed by atoms with E-state index < -0.39 is 18.5 Å². The number of para-hydroxylation sites is 2. The Morgan fingerprint density at radius 3 is 2.61 bits per heavy atom. The second kappa shape index (κ2) is 9.14. The minimum Gasteiger partial charge on any atom is -0.492 e. The lowest BCUT2D eigenvalue weighted by Crippen LogP contribution is -2.21. The van der Waals surface area contributed by atoms with Crippen molar-refractivity contribution in [2.24, 2.45) is 0 Å². The quantitative estimate of drug-likeness (QED) is 0.602. The summed E-state index contributed by atoms with van der Waals surface area (Å²) < 4.78 is 10.5. The molecule has 144 valence electrons. The van der Waals surface area contributed by atoms with Gasteiger partial charge in [0.25, 0.3) is 5.91 Å². The van der Waals surface area contributed by atoms with Crippen molar-refractivity contribution in [3.8, 4) is 16.3 Å². The fourth-order valence-corrected chi connectivity index (χ4v) is 3.23. The van der Waals surface area contributed by atoms with Gasteiger partial charge in [-0.15, -0.1) is 11.3 Å². The molecule has 1 aromatic heterocycles. The number of nitrogens with one attached hydrogen (secondary N) is 1. The molecule has 0 saturated carbocycles. The molecule has 0 atom stereocenters. The highest BCUT2D eigenvalue weighted by molar-refractivity contribution is 7.13. The van der Waals surface area contributed by atoms with E-state index in [4.69, 9.17) is 9.47 Å². The largest absolute Gasteiger partial charge is 0.492 e. The molecule has 3 rings (SSSR count). The van der Waals surface area contributed by atoms with Crippen molar-refractivity contribution in [3.63, 3.8) is 0 Å². The maximum absolute atomic E-state index is 12.2. The number of aromatic nitrogens is 1. The molecular formula is C21H20N2O4S. The van der Waals surface area contributed by atoms with E-state index in [0.29, 0.717) is 18.0 Å². The average Bonchev–Trinajstić information content (AvgIpc) is 3.19. The molecule has 0 aliphatic carbocycles. The van der Waals surface area contributed by atoms with Gasteiger partial charge in [-0.1, -0.05) is 42.0 Å². The van der Waals surface area contributed by atoms with E-state index >= 15 is 0 Å². The topological polar surface area (TPSA) is 77.5 Å². The summed E-state index contributed by atoms with van der Waals surface area (Å²) in [6.07, 6.45) is 0. The molecule has 0 radical (unpaired) electrons. The summed E-state index contributed by atoms with van der Waals surface area (Å²) >= 11 is 1.35. The second-order valence-corrected chi connectivity index (χ2v) is 6.82. The Morgan fingerprint density at radius 1 is 1.11 bits per heavy atom. The number of aryl methyl sites for hydroxylation is 1. The van der Waals surface area contributed by atoms with Crippen LogP contribution in [0.1, 0.15) is 23.0 Å². The van der Waals surface area contributed by atoms with Crippen LogP contribution in [0.2, 0.25) is 0 Å². The molecule has 28 heavy (non-hydrogen) atoms. The van der Waals surface area contributed by atoms with Gasteiger partial charge in [-0.2, -0.15) is 0 Å². The summed E-state index contributed by atoms with van der Waals surface area (Å²) in [5.41, 5.74) is 2.79. The predicted octanol–water partition coefficient (Wildman–Crippen LogP) is 4.31. The molecule has 0 bridgehead atoms. The molecule has 1 N–H and O–H groups in total. The second-order valence-electron chi connectivity index (χ2n) is 5.96. The Bertz CT molecular complexity index is 967. The molecule has 0 saturated heterocycles. The van der Waals surface area contributed by atoms with E-state index in [1.165, 1.54) is 11.3 Å². The predicted molar refractivity (Wildman–Crippen MR) is 109 cm³/mol. The summed E-state index contributed by atoms with van der Waals surface area (Å²) in [6.45, 7) is 3.94. The third-order valence-corrected chi connectivity index (χ3v) is 4.70. The van der Waals surface area contributed by atoms with Crippen LogP contribution in [0, 0.1) is 6.92 Å². The van der Waals surface area contributed by atoms with Gasteiger partial charge in [0.1, 0.15) is 10.8 Å². The Kier molecular flexibility index (Phi) is 6.39. The highest BCUT2D eigenvalue weighted by Gasteiger charge is 2.15. The van der Waals surface area contributed by atoms with Gasteiger partial charge >= 0.3 is 5.97 Å². The van der Waals surface area contributed by atoms with Crippen molar-refractivity contribution >= 4 is 28.9 Å². The van der Waals surface area contributed by atoms with Crippen molar-refractivity contribution in [2.45, 2.75) is 13.8 Å². The Balaban J connectivity index is 1.57. The van der Waals surface area contributed by atoms with Crippen molar-refractivity contribution in [2.75, 3.05) is 18.5 Å². The molecule has 1 heterocycles. The molecular weight excluding hydrogens is 376 g/mol. The van der Waals surface area contributed by atoms with E-state index in [-0.39, 0.29) is 5.69 Å². The fourth-order valence-electron chi connectivity index (χ4n) is 2.44. The van der Waals surface area contributed by atoms with Gasteiger partial charge in [0.2, 0.25) is 0 Å². The van der Waals surface area contributed by atoms with Crippen LogP contribution in [0.5, 0.6) is 5.75 Å². The number of esters is 1. The number of nitrogens with zero attached hydrogens (tertiary/aromatic N) is 1. The number of thiazole rings is 1. The van der Waals surface area contributed by atoms with Crippen molar-refractivity contribution in [3.05, 3.63) is 65.2 Å². The van der Waals surface area contributed by atoms with Gasteiger partial charge in [-0.25, -0.2) is 9.78 Å². The fraction of sp³-hybridized carbons (Fsp3) is 0.190. The van der Waals surface area contributed by atoms with Crippen LogP contribution < -0.4 is 10.1 Å². The van der Waals surface area contributed by atoms with Crippen LogP contribution in [0.3, 0.4) is 0 Å². The van der Waals surface area contributed by atoms with Gasteiger partial charge in [0.05, 0.1) is 12.3 Å². The normalized spacial score (nSPS) is 10.4. The highest BCUT2D eigenvalue weighted by atomic mass is 32.1. The SMILES string of the molecule is CCOc1ccccc1NC(=O)COC(=O)c1csc(-c2ccc(C)cc2)n1. The Morgan fingerprint density at radius 2 is 1.86 bits per heavy atom. The first-order valence-electron chi connectivity index (χ1n) is 8.78. The van der Waals surface area contributed by atoms with Crippen molar-refractivity contribution < 1.29 is 19.1 Å². The summed E-state index contributed by atoms with van der Waals surface area (Å²) in [5.74, 6) is -0.524. The molecule has 3 aromatic rings. The van der Waals surface area contributed by atoms with Gasteiger partial charge in [0, 0.05) is 10.9 Å². The monoisotopic (exact) mass is 396 g/mol. The summed E-state index contributed by atoms with van der Waals surface area (Å²) in [5, 5.41) is 5.03.